The quantitative estimate of drug-likeness (QED) is 0.807. The number of hydrogen-bond acceptors (Lipinski definition) is 4. The molecule has 3 fully saturated rings. The smallest absolute Gasteiger partial charge is 0.274 e. The number of halogens is 1. The normalized spacial score (nSPS) is 29.0. The number of hydrogen-bond donors (Lipinski definition) is 1. The largest absolute Gasteiger partial charge is 0.378 e. The molecule has 6 nitrogen and oxygen atoms in total. The third-order valence-corrected chi connectivity index (χ3v) is 7.15. The SMILES string of the molecule is CCOC1CC(N(C)C(=O)c2ccn(C3CCCNC3)n2)C12CCCCC2.Cl. The number of carbonyl (C=O) groups is 1. The zero-order valence-corrected chi connectivity index (χ0v) is 18.0. The molecule has 158 valence electrons. The summed E-state index contributed by atoms with van der Waals surface area (Å²) in [7, 11) is 1.96. The van der Waals surface area contributed by atoms with Crippen molar-refractivity contribution in [1.82, 2.24) is 20.0 Å². The number of piperidine rings is 1. The molecule has 1 aliphatic heterocycles. The van der Waals surface area contributed by atoms with Crippen LogP contribution in [0.5, 0.6) is 0 Å². The molecule has 28 heavy (non-hydrogen) atoms. The van der Waals surface area contributed by atoms with Gasteiger partial charge in [-0.15, -0.1) is 12.4 Å². The summed E-state index contributed by atoms with van der Waals surface area (Å²) in [6, 6.07) is 2.53. The number of nitrogens with zero attached hydrogens (tertiary/aromatic N) is 3. The van der Waals surface area contributed by atoms with E-state index >= 15 is 0 Å². The summed E-state index contributed by atoms with van der Waals surface area (Å²) in [6.45, 7) is 4.85. The van der Waals surface area contributed by atoms with Crippen molar-refractivity contribution >= 4 is 18.3 Å². The Morgan fingerprint density at radius 3 is 2.82 bits per heavy atom. The van der Waals surface area contributed by atoms with Crippen molar-refractivity contribution in [2.24, 2.45) is 5.41 Å². The lowest BCUT2D eigenvalue weighted by Crippen LogP contribution is -2.65. The monoisotopic (exact) mass is 410 g/mol. The van der Waals surface area contributed by atoms with E-state index in [1.165, 1.54) is 32.1 Å². The maximum atomic E-state index is 13.2. The van der Waals surface area contributed by atoms with Crippen LogP contribution in [0.15, 0.2) is 12.3 Å². The minimum absolute atomic E-state index is 0. The molecule has 4 rings (SSSR count). The van der Waals surface area contributed by atoms with Crippen molar-refractivity contribution in [2.75, 3.05) is 26.7 Å². The topological polar surface area (TPSA) is 59.4 Å². The molecule has 3 unspecified atom stereocenters. The predicted molar refractivity (Wildman–Crippen MR) is 112 cm³/mol. The third-order valence-electron chi connectivity index (χ3n) is 7.15. The molecule has 2 saturated carbocycles. The van der Waals surface area contributed by atoms with Crippen LogP contribution in [0.1, 0.15) is 74.8 Å². The van der Waals surface area contributed by atoms with Crippen LogP contribution >= 0.6 is 12.4 Å². The summed E-state index contributed by atoms with van der Waals surface area (Å²) < 4.78 is 8.04. The Balaban J connectivity index is 0.00000225. The molecule has 2 aliphatic carbocycles. The fourth-order valence-corrected chi connectivity index (χ4v) is 5.61. The van der Waals surface area contributed by atoms with Gasteiger partial charge in [-0.1, -0.05) is 19.3 Å². The number of amides is 1. The first-order valence-electron chi connectivity index (χ1n) is 10.8. The second-order valence-electron chi connectivity index (χ2n) is 8.59. The van der Waals surface area contributed by atoms with Gasteiger partial charge in [0, 0.05) is 37.9 Å². The minimum atomic E-state index is 0. The van der Waals surface area contributed by atoms with Gasteiger partial charge in [0.15, 0.2) is 0 Å². The van der Waals surface area contributed by atoms with E-state index in [0.717, 1.165) is 39.0 Å². The highest BCUT2D eigenvalue weighted by molar-refractivity contribution is 5.92. The van der Waals surface area contributed by atoms with Crippen LogP contribution in [0.4, 0.5) is 0 Å². The first kappa shape index (κ1) is 21.6. The molecule has 1 saturated heterocycles. The van der Waals surface area contributed by atoms with Crippen LogP contribution in [0, 0.1) is 5.41 Å². The number of rotatable bonds is 5. The van der Waals surface area contributed by atoms with Crippen LogP contribution in [-0.2, 0) is 4.74 Å². The maximum Gasteiger partial charge on any atom is 0.274 e. The molecule has 1 N–H and O–H groups in total. The van der Waals surface area contributed by atoms with Crippen molar-refractivity contribution < 1.29 is 9.53 Å². The fraction of sp³-hybridized carbons (Fsp3) is 0.810. The average Bonchev–Trinajstić information content (AvgIpc) is 3.21. The molecule has 0 radical (unpaired) electrons. The zero-order chi connectivity index (χ0) is 18.9. The molecule has 1 amide bonds. The van der Waals surface area contributed by atoms with Crippen molar-refractivity contribution in [3.63, 3.8) is 0 Å². The molecule has 0 aromatic carbocycles. The molecule has 1 aromatic rings. The molecule has 0 bridgehead atoms. The number of ether oxygens (including phenoxy) is 1. The van der Waals surface area contributed by atoms with E-state index in [-0.39, 0.29) is 29.8 Å². The summed E-state index contributed by atoms with van der Waals surface area (Å²) >= 11 is 0. The lowest BCUT2D eigenvalue weighted by Gasteiger charge is -2.60. The van der Waals surface area contributed by atoms with Crippen molar-refractivity contribution in [1.29, 1.82) is 0 Å². The second kappa shape index (κ2) is 9.14. The molecule has 3 atom stereocenters. The Kier molecular flexibility index (Phi) is 7.05. The van der Waals surface area contributed by atoms with E-state index in [1.807, 2.05) is 28.9 Å². The van der Waals surface area contributed by atoms with E-state index in [1.54, 1.807) is 0 Å². The van der Waals surface area contributed by atoms with Crippen LogP contribution in [-0.4, -0.2) is 59.5 Å². The highest BCUT2D eigenvalue weighted by Gasteiger charge is 2.58. The number of carbonyl (C=O) groups excluding carboxylic acids is 1. The van der Waals surface area contributed by atoms with Gasteiger partial charge in [-0.25, -0.2) is 0 Å². The first-order valence-corrected chi connectivity index (χ1v) is 10.8. The maximum absolute atomic E-state index is 13.2. The van der Waals surface area contributed by atoms with Gasteiger partial charge < -0.3 is 15.0 Å². The van der Waals surface area contributed by atoms with E-state index < -0.39 is 0 Å². The lowest BCUT2D eigenvalue weighted by atomic mass is 9.54. The molecule has 1 aromatic heterocycles. The van der Waals surface area contributed by atoms with Gasteiger partial charge in [-0.05, 0) is 51.6 Å². The zero-order valence-electron chi connectivity index (χ0n) is 17.2. The van der Waals surface area contributed by atoms with Crippen LogP contribution < -0.4 is 5.32 Å². The Bertz CT molecular complexity index is 653. The molecular weight excluding hydrogens is 376 g/mol. The Morgan fingerprint density at radius 1 is 1.36 bits per heavy atom. The van der Waals surface area contributed by atoms with Crippen LogP contribution in [0.25, 0.3) is 0 Å². The molecule has 2 heterocycles. The molecule has 3 aliphatic rings. The first-order chi connectivity index (χ1) is 13.2. The van der Waals surface area contributed by atoms with Gasteiger partial charge >= 0.3 is 0 Å². The van der Waals surface area contributed by atoms with Gasteiger partial charge in [-0.3, -0.25) is 9.48 Å². The Morgan fingerprint density at radius 2 is 2.14 bits per heavy atom. The predicted octanol–water partition coefficient (Wildman–Crippen LogP) is 3.43. The van der Waals surface area contributed by atoms with E-state index in [9.17, 15) is 4.79 Å². The van der Waals surface area contributed by atoms with Gasteiger partial charge in [0.1, 0.15) is 5.69 Å². The average molecular weight is 411 g/mol. The van der Waals surface area contributed by atoms with Gasteiger partial charge in [0.05, 0.1) is 12.1 Å². The van der Waals surface area contributed by atoms with E-state index in [4.69, 9.17) is 4.74 Å². The minimum Gasteiger partial charge on any atom is -0.378 e. The highest BCUT2D eigenvalue weighted by atomic mass is 35.5. The second-order valence-corrected chi connectivity index (χ2v) is 8.59. The summed E-state index contributed by atoms with van der Waals surface area (Å²) in [5, 5.41) is 8.06. The summed E-state index contributed by atoms with van der Waals surface area (Å²) in [4.78, 5) is 15.1. The molecular formula is C21H35ClN4O2. The molecule has 1 spiro atoms. The van der Waals surface area contributed by atoms with E-state index in [2.05, 4.69) is 17.3 Å². The third kappa shape index (κ3) is 3.83. The van der Waals surface area contributed by atoms with E-state index in [0.29, 0.717) is 17.8 Å². The standard InChI is InChI=1S/C21H34N4O2.ClH/c1-3-27-19-14-18(21(19)10-5-4-6-11-21)24(2)20(26)17-9-13-25(23-17)16-8-7-12-22-15-16;/h9,13,16,18-19,22H,3-8,10-12,14-15H2,1-2H3;1H. The number of nitrogens with one attached hydrogen (secondary N) is 1. The Hall–Kier alpha value is -1.11. The Labute approximate surface area is 174 Å². The van der Waals surface area contributed by atoms with Gasteiger partial charge in [0.2, 0.25) is 0 Å². The van der Waals surface area contributed by atoms with Crippen LogP contribution in [0.2, 0.25) is 0 Å². The summed E-state index contributed by atoms with van der Waals surface area (Å²) in [6.07, 6.45) is 11.7. The van der Waals surface area contributed by atoms with Crippen molar-refractivity contribution in [2.45, 2.75) is 76.5 Å². The summed E-state index contributed by atoms with van der Waals surface area (Å²) in [5.41, 5.74) is 0.739. The fourth-order valence-electron chi connectivity index (χ4n) is 5.61. The highest BCUT2D eigenvalue weighted by Crippen LogP contribution is 2.55. The lowest BCUT2D eigenvalue weighted by molar-refractivity contribution is -0.170. The molecule has 7 heteroatoms. The number of aromatic nitrogens is 2. The summed E-state index contributed by atoms with van der Waals surface area (Å²) in [5.74, 6) is 0.0578. The van der Waals surface area contributed by atoms with Gasteiger partial charge in [0.25, 0.3) is 5.91 Å². The van der Waals surface area contributed by atoms with Crippen molar-refractivity contribution in [3.05, 3.63) is 18.0 Å². The van der Waals surface area contributed by atoms with Crippen LogP contribution in [0.3, 0.4) is 0 Å². The van der Waals surface area contributed by atoms with Crippen molar-refractivity contribution in [3.8, 4) is 0 Å². The van der Waals surface area contributed by atoms with Gasteiger partial charge in [-0.2, -0.15) is 5.10 Å².